The highest BCUT2D eigenvalue weighted by molar-refractivity contribution is 5.76. The molecule has 1 aliphatic rings. The summed E-state index contributed by atoms with van der Waals surface area (Å²) in [6.45, 7) is 0.0411. The molecule has 0 unspecified atom stereocenters. The van der Waals surface area contributed by atoms with Gasteiger partial charge in [0.1, 0.15) is 12.4 Å². The maximum Gasteiger partial charge on any atom is 0.250 e. The van der Waals surface area contributed by atoms with Crippen LogP contribution in [-0.2, 0) is 17.8 Å². The number of pyridine rings is 1. The summed E-state index contributed by atoms with van der Waals surface area (Å²) in [7, 11) is 0. The van der Waals surface area contributed by atoms with Gasteiger partial charge < -0.3 is 9.88 Å². The highest BCUT2D eigenvalue weighted by Crippen LogP contribution is 2.29. The molecule has 1 heterocycles. The molecule has 1 aliphatic carbocycles. The van der Waals surface area contributed by atoms with E-state index in [0.717, 1.165) is 31.2 Å². The van der Waals surface area contributed by atoms with E-state index >= 15 is 0 Å². The van der Waals surface area contributed by atoms with E-state index in [0.29, 0.717) is 5.92 Å². The number of amides is 1. The number of hydrogen-bond donors (Lipinski definition) is 1. The van der Waals surface area contributed by atoms with Crippen molar-refractivity contribution < 1.29 is 9.18 Å². The van der Waals surface area contributed by atoms with Crippen molar-refractivity contribution in [1.29, 1.82) is 0 Å². The normalized spacial score (nSPS) is 20.0. The minimum atomic E-state index is -0.233. The highest BCUT2D eigenvalue weighted by atomic mass is 19.1. The summed E-state index contributed by atoms with van der Waals surface area (Å²) in [5.74, 6) is -0.0189. The second-order valence-corrected chi connectivity index (χ2v) is 6.36. The monoisotopic (exact) mass is 328 g/mol. The summed E-state index contributed by atoms with van der Waals surface area (Å²) in [5, 5.41) is 3.06. The van der Waals surface area contributed by atoms with E-state index in [4.69, 9.17) is 0 Å². The van der Waals surface area contributed by atoms with Gasteiger partial charge in [-0.25, -0.2) is 4.39 Å². The SMILES string of the molecule is O=C(Cn1ccccc1=O)N[C@H]1CCC[C@H]1Cc1ccc(F)cc1. The minimum Gasteiger partial charge on any atom is -0.352 e. The lowest BCUT2D eigenvalue weighted by Gasteiger charge is -2.21. The Morgan fingerprint density at radius 2 is 1.96 bits per heavy atom. The molecule has 1 amide bonds. The number of aromatic nitrogens is 1. The van der Waals surface area contributed by atoms with Gasteiger partial charge in [0.25, 0.3) is 5.56 Å². The van der Waals surface area contributed by atoms with Gasteiger partial charge in [0.2, 0.25) is 5.91 Å². The molecule has 1 fully saturated rings. The van der Waals surface area contributed by atoms with E-state index in [1.807, 2.05) is 0 Å². The lowest BCUT2D eigenvalue weighted by molar-refractivity contribution is -0.122. The molecule has 5 heteroatoms. The maximum absolute atomic E-state index is 13.0. The third kappa shape index (κ3) is 4.10. The van der Waals surface area contributed by atoms with Crippen LogP contribution in [0.5, 0.6) is 0 Å². The zero-order valence-corrected chi connectivity index (χ0v) is 13.5. The third-order valence-corrected chi connectivity index (χ3v) is 4.63. The number of rotatable bonds is 5. The van der Waals surface area contributed by atoms with Gasteiger partial charge in [0.05, 0.1) is 0 Å². The summed E-state index contributed by atoms with van der Waals surface area (Å²) in [4.78, 5) is 23.9. The Morgan fingerprint density at radius 1 is 1.17 bits per heavy atom. The molecule has 1 N–H and O–H groups in total. The van der Waals surface area contributed by atoms with Gasteiger partial charge in [-0.1, -0.05) is 24.6 Å². The van der Waals surface area contributed by atoms with Gasteiger partial charge in [0, 0.05) is 18.3 Å². The van der Waals surface area contributed by atoms with Crippen molar-refractivity contribution in [3.63, 3.8) is 0 Å². The number of carbonyl (C=O) groups is 1. The Morgan fingerprint density at radius 3 is 2.71 bits per heavy atom. The molecule has 2 atom stereocenters. The van der Waals surface area contributed by atoms with Gasteiger partial charge in [-0.2, -0.15) is 0 Å². The van der Waals surface area contributed by atoms with E-state index in [2.05, 4.69) is 5.32 Å². The van der Waals surface area contributed by atoms with Crippen molar-refractivity contribution in [2.24, 2.45) is 5.92 Å². The lowest BCUT2D eigenvalue weighted by atomic mass is 9.94. The molecule has 0 spiro atoms. The Hall–Kier alpha value is -2.43. The maximum atomic E-state index is 13.0. The Kier molecular flexibility index (Phi) is 5.08. The molecule has 126 valence electrons. The van der Waals surface area contributed by atoms with Gasteiger partial charge in [0.15, 0.2) is 0 Å². The number of benzene rings is 1. The fourth-order valence-corrected chi connectivity index (χ4v) is 3.39. The number of carbonyl (C=O) groups excluding carboxylic acids is 1. The van der Waals surface area contributed by atoms with Crippen LogP contribution in [-0.4, -0.2) is 16.5 Å². The zero-order valence-electron chi connectivity index (χ0n) is 13.5. The Bertz CT molecular complexity index is 754. The van der Waals surface area contributed by atoms with Gasteiger partial charge in [-0.05, 0) is 48.9 Å². The van der Waals surface area contributed by atoms with Crippen molar-refractivity contribution in [3.05, 3.63) is 70.4 Å². The van der Waals surface area contributed by atoms with Crippen molar-refractivity contribution in [2.75, 3.05) is 0 Å². The van der Waals surface area contributed by atoms with Gasteiger partial charge in [-0.3, -0.25) is 9.59 Å². The lowest BCUT2D eigenvalue weighted by Crippen LogP contribution is -2.41. The van der Waals surface area contributed by atoms with Crippen LogP contribution in [0.4, 0.5) is 4.39 Å². The fraction of sp³-hybridized carbons (Fsp3) is 0.368. The summed E-state index contributed by atoms with van der Waals surface area (Å²) >= 11 is 0. The van der Waals surface area contributed by atoms with Crippen LogP contribution in [0.25, 0.3) is 0 Å². The molecule has 0 aliphatic heterocycles. The van der Waals surface area contributed by atoms with E-state index < -0.39 is 0 Å². The van der Waals surface area contributed by atoms with E-state index in [-0.39, 0.29) is 29.9 Å². The standard InChI is InChI=1S/C19H21FN2O2/c20-16-9-7-14(8-10-16)12-15-4-3-5-17(15)21-18(23)13-22-11-2-1-6-19(22)24/h1-2,6-11,15,17H,3-5,12-13H2,(H,21,23)/t15-,17-/m0/s1. The van der Waals surface area contributed by atoms with Crippen LogP contribution in [0.15, 0.2) is 53.5 Å². The molecule has 0 bridgehead atoms. The van der Waals surface area contributed by atoms with Crippen molar-refractivity contribution >= 4 is 5.91 Å². The topological polar surface area (TPSA) is 51.1 Å². The average molecular weight is 328 g/mol. The molecule has 0 saturated heterocycles. The molecule has 1 saturated carbocycles. The first kappa shape index (κ1) is 16.4. The molecule has 24 heavy (non-hydrogen) atoms. The van der Waals surface area contributed by atoms with E-state index in [1.165, 1.54) is 22.8 Å². The largest absolute Gasteiger partial charge is 0.352 e. The third-order valence-electron chi connectivity index (χ3n) is 4.63. The quantitative estimate of drug-likeness (QED) is 0.917. The van der Waals surface area contributed by atoms with Crippen molar-refractivity contribution in [2.45, 2.75) is 38.3 Å². The fourth-order valence-electron chi connectivity index (χ4n) is 3.39. The van der Waals surface area contributed by atoms with Gasteiger partial charge in [-0.15, -0.1) is 0 Å². The predicted octanol–water partition coefficient (Wildman–Crippen LogP) is 2.52. The summed E-state index contributed by atoms with van der Waals surface area (Å²) in [5.41, 5.74) is 0.906. The molecular weight excluding hydrogens is 307 g/mol. The molecule has 0 radical (unpaired) electrons. The van der Waals surface area contributed by atoms with Crippen LogP contribution in [0.1, 0.15) is 24.8 Å². The molecule has 4 nitrogen and oxygen atoms in total. The smallest absolute Gasteiger partial charge is 0.250 e. The first-order valence-electron chi connectivity index (χ1n) is 8.31. The van der Waals surface area contributed by atoms with E-state index in [9.17, 15) is 14.0 Å². The second kappa shape index (κ2) is 7.43. The molecule has 1 aromatic heterocycles. The van der Waals surface area contributed by atoms with Crippen LogP contribution in [0, 0.1) is 11.7 Å². The summed E-state index contributed by atoms with van der Waals surface area (Å²) in [6, 6.07) is 11.5. The van der Waals surface area contributed by atoms with Crippen LogP contribution >= 0.6 is 0 Å². The molecule has 3 rings (SSSR count). The molecule has 1 aromatic carbocycles. The van der Waals surface area contributed by atoms with Crippen LogP contribution in [0.3, 0.4) is 0 Å². The summed E-state index contributed by atoms with van der Waals surface area (Å²) < 4.78 is 14.4. The summed E-state index contributed by atoms with van der Waals surface area (Å²) in [6.07, 6.45) is 5.51. The average Bonchev–Trinajstić information content (AvgIpc) is 2.98. The zero-order chi connectivity index (χ0) is 16.9. The van der Waals surface area contributed by atoms with Crippen molar-refractivity contribution in [3.8, 4) is 0 Å². The highest BCUT2D eigenvalue weighted by Gasteiger charge is 2.28. The first-order valence-corrected chi connectivity index (χ1v) is 8.31. The minimum absolute atomic E-state index is 0.0411. The number of halogens is 1. The molecular formula is C19H21FN2O2. The van der Waals surface area contributed by atoms with Gasteiger partial charge >= 0.3 is 0 Å². The first-order chi connectivity index (χ1) is 11.6. The van der Waals surface area contributed by atoms with Crippen molar-refractivity contribution in [1.82, 2.24) is 9.88 Å². The van der Waals surface area contributed by atoms with Crippen LogP contribution < -0.4 is 10.9 Å². The Balaban J connectivity index is 1.59. The number of nitrogens with zero attached hydrogens (tertiary/aromatic N) is 1. The van der Waals surface area contributed by atoms with E-state index in [1.54, 1.807) is 30.5 Å². The Labute approximate surface area is 140 Å². The predicted molar refractivity (Wildman–Crippen MR) is 90.1 cm³/mol. The van der Waals surface area contributed by atoms with Crippen LogP contribution in [0.2, 0.25) is 0 Å². The number of nitrogens with one attached hydrogen (secondary N) is 1. The molecule has 2 aromatic rings. The number of hydrogen-bond acceptors (Lipinski definition) is 2. The second-order valence-electron chi connectivity index (χ2n) is 6.36.